The van der Waals surface area contributed by atoms with Crippen LogP contribution < -0.4 is 10.2 Å². The van der Waals surface area contributed by atoms with E-state index in [0.29, 0.717) is 17.8 Å². The Morgan fingerprint density at radius 1 is 1.06 bits per heavy atom. The SMILES string of the molecule is N#Cc1cc(NC(=O)C2CCCC2)ccc1N1CCCC2(CCN([C@H]3CC[C@H](O)CC3)C2=O)C1. The summed E-state index contributed by atoms with van der Waals surface area (Å²) < 4.78 is 0. The summed E-state index contributed by atoms with van der Waals surface area (Å²) in [7, 11) is 0. The third-order valence-corrected chi connectivity index (χ3v) is 8.68. The van der Waals surface area contributed by atoms with E-state index in [4.69, 9.17) is 0 Å². The molecule has 0 radical (unpaired) electrons. The fourth-order valence-corrected chi connectivity index (χ4v) is 6.69. The van der Waals surface area contributed by atoms with Crippen molar-refractivity contribution in [3.8, 4) is 6.07 Å². The molecular weight excluding hydrogens is 428 g/mol. The highest BCUT2D eigenvalue weighted by Crippen LogP contribution is 2.44. The monoisotopic (exact) mass is 464 g/mol. The number of hydrogen-bond donors (Lipinski definition) is 2. The maximum atomic E-state index is 13.6. The Bertz CT molecular complexity index is 975. The van der Waals surface area contributed by atoms with E-state index < -0.39 is 0 Å². The van der Waals surface area contributed by atoms with Gasteiger partial charge in [-0.3, -0.25) is 9.59 Å². The summed E-state index contributed by atoms with van der Waals surface area (Å²) in [6, 6.07) is 8.17. The fraction of sp³-hybridized carbons (Fsp3) is 0.667. The Kier molecular flexibility index (Phi) is 6.52. The first-order chi connectivity index (χ1) is 16.5. The fourth-order valence-electron chi connectivity index (χ4n) is 6.69. The van der Waals surface area contributed by atoms with Crippen molar-refractivity contribution in [3.63, 3.8) is 0 Å². The normalized spacial score (nSPS) is 30.1. The van der Waals surface area contributed by atoms with E-state index in [2.05, 4.69) is 21.2 Å². The minimum atomic E-state index is -0.379. The molecule has 2 saturated carbocycles. The predicted molar refractivity (Wildman–Crippen MR) is 130 cm³/mol. The van der Waals surface area contributed by atoms with Gasteiger partial charge in [0.15, 0.2) is 0 Å². The summed E-state index contributed by atoms with van der Waals surface area (Å²) in [4.78, 5) is 30.4. The molecule has 1 unspecified atom stereocenters. The number of piperidine rings is 1. The van der Waals surface area contributed by atoms with Gasteiger partial charge in [-0.25, -0.2) is 0 Å². The average Bonchev–Trinajstić information content (AvgIpc) is 3.49. The van der Waals surface area contributed by atoms with E-state index in [9.17, 15) is 20.0 Å². The van der Waals surface area contributed by atoms with Crippen LogP contribution in [0.5, 0.6) is 0 Å². The molecule has 5 rings (SSSR count). The molecule has 4 fully saturated rings. The summed E-state index contributed by atoms with van der Waals surface area (Å²) in [6.07, 6.45) is 9.90. The molecule has 2 amide bonds. The second-order valence-corrected chi connectivity index (χ2v) is 10.8. The summed E-state index contributed by atoms with van der Waals surface area (Å²) in [6.45, 7) is 2.26. The van der Waals surface area contributed by atoms with Gasteiger partial charge in [0.1, 0.15) is 6.07 Å². The Morgan fingerprint density at radius 2 is 1.82 bits per heavy atom. The highest BCUT2D eigenvalue weighted by atomic mass is 16.3. The van der Waals surface area contributed by atoms with Crippen LogP contribution in [0, 0.1) is 22.7 Å². The smallest absolute Gasteiger partial charge is 0.230 e. The molecule has 1 aromatic rings. The van der Waals surface area contributed by atoms with E-state index in [0.717, 1.165) is 89.4 Å². The first kappa shape index (κ1) is 23.2. The molecule has 0 aromatic heterocycles. The first-order valence-electron chi connectivity index (χ1n) is 13.1. The lowest BCUT2D eigenvalue weighted by Crippen LogP contribution is -2.50. The molecule has 0 bridgehead atoms. The number of nitrogens with zero attached hydrogens (tertiary/aromatic N) is 3. The minimum Gasteiger partial charge on any atom is -0.393 e. The van der Waals surface area contributed by atoms with Gasteiger partial charge in [0, 0.05) is 37.3 Å². The molecule has 1 aromatic carbocycles. The second-order valence-electron chi connectivity index (χ2n) is 10.8. The number of amides is 2. The van der Waals surface area contributed by atoms with Crippen molar-refractivity contribution < 1.29 is 14.7 Å². The maximum absolute atomic E-state index is 13.6. The van der Waals surface area contributed by atoms with Crippen LogP contribution in [0.4, 0.5) is 11.4 Å². The largest absolute Gasteiger partial charge is 0.393 e. The molecule has 2 aliphatic heterocycles. The molecule has 7 heteroatoms. The lowest BCUT2D eigenvalue weighted by molar-refractivity contribution is -0.139. The van der Waals surface area contributed by atoms with Crippen LogP contribution in [0.1, 0.15) is 76.2 Å². The highest BCUT2D eigenvalue weighted by Gasteiger charge is 2.50. The van der Waals surface area contributed by atoms with Crippen LogP contribution in [0.2, 0.25) is 0 Å². The van der Waals surface area contributed by atoms with E-state index in [1.54, 1.807) is 6.07 Å². The quantitative estimate of drug-likeness (QED) is 0.706. The van der Waals surface area contributed by atoms with Crippen LogP contribution in [0.25, 0.3) is 0 Å². The van der Waals surface area contributed by atoms with Crippen LogP contribution >= 0.6 is 0 Å². The number of nitrogens with one attached hydrogen (secondary N) is 1. The van der Waals surface area contributed by atoms with Gasteiger partial charge in [-0.15, -0.1) is 0 Å². The Hall–Kier alpha value is -2.59. The number of hydrogen-bond acceptors (Lipinski definition) is 5. The third kappa shape index (κ3) is 4.40. The zero-order chi connectivity index (χ0) is 23.7. The van der Waals surface area contributed by atoms with Crippen molar-refractivity contribution in [1.82, 2.24) is 4.90 Å². The van der Waals surface area contributed by atoms with Crippen molar-refractivity contribution in [3.05, 3.63) is 23.8 Å². The molecule has 1 spiro atoms. The Morgan fingerprint density at radius 3 is 2.56 bits per heavy atom. The number of anilines is 2. The van der Waals surface area contributed by atoms with Gasteiger partial charge in [0.05, 0.1) is 22.8 Å². The minimum absolute atomic E-state index is 0.0536. The van der Waals surface area contributed by atoms with Gasteiger partial charge >= 0.3 is 0 Å². The van der Waals surface area contributed by atoms with Gasteiger partial charge in [-0.05, 0) is 76.0 Å². The second kappa shape index (κ2) is 9.58. The van der Waals surface area contributed by atoms with E-state index in [1.165, 1.54) is 0 Å². The zero-order valence-corrected chi connectivity index (χ0v) is 20.0. The number of likely N-dealkylation sites (tertiary alicyclic amines) is 1. The average molecular weight is 465 g/mol. The third-order valence-electron chi connectivity index (χ3n) is 8.68. The molecule has 1 atom stereocenters. The first-order valence-corrected chi connectivity index (χ1v) is 13.1. The van der Waals surface area contributed by atoms with Gasteiger partial charge < -0.3 is 20.2 Å². The van der Waals surface area contributed by atoms with Crippen LogP contribution in [-0.4, -0.2) is 53.6 Å². The van der Waals surface area contributed by atoms with Gasteiger partial charge in [-0.1, -0.05) is 12.8 Å². The number of aliphatic hydroxyl groups excluding tert-OH is 1. The van der Waals surface area contributed by atoms with Crippen molar-refractivity contribution in [2.75, 3.05) is 29.9 Å². The summed E-state index contributed by atoms with van der Waals surface area (Å²) in [5.41, 5.74) is 1.69. The lowest BCUT2D eigenvalue weighted by Gasteiger charge is -2.41. The highest BCUT2D eigenvalue weighted by molar-refractivity contribution is 5.93. The van der Waals surface area contributed by atoms with E-state index in [1.807, 2.05) is 12.1 Å². The standard InChI is InChI=1S/C27H36N4O3/c28-17-20-16-21(29-25(33)19-4-1-2-5-19)6-11-24(20)30-14-3-12-27(18-30)13-15-31(26(27)34)22-7-9-23(32)10-8-22/h6,11,16,19,22-23,32H,1-5,7-10,12-15,18H2,(H,29,33)/t22-,23-,27?. The van der Waals surface area contributed by atoms with Gasteiger partial charge in [-0.2, -0.15) is 5.26 Å². The van der Waals surface area contributed by atoms with Crippen LogP contribution in [0.15, 0.2) is 18.2 Å². The van der Waals surface area contributed by atoms with Crippen molar-refractivity contribution in [2.45, 2.75) is 82.8 Å². The van der Waals surface area contributed by atoms with E-state index in [-0.39, 0.29) is 35.3 Å². The number of benzene rings is 1. The molecule has 2 saturated heterocycles. The van der Waals surface area contributed by atoms with Crippen molar-refractivity contribution >= 4 is 23.2 Å². The number of rotatable bonds is 4. The molecule has 4 aliphatic rings. The molecule has 182 valence electrons. The Balaban J connectivity index is 1.29. The number of carbonyl (C=O) groups is 2. The topological polar surface area (TPSA) is 96.7 Å². The lowest BCUT2D eigenvalue weighted by atomic mass is 9.78. The van der Waals surface area contributed by atoms with Crippen molar-refractivity contribution in [1.29, 1.82) is 5.26 Å². The number of carbonyl (C=O) groups excluding carboxylic acids is 2. The summed E-state index contributed by atoms with van der Waals surface area (Å²) >= 11 is 0. The summed E-state index contributed by atoms with van der Waals surface area (Å²) in [5, 5.41) is 22.7. The predicted octanol–water partition coefficient (Wildman–Crippen LogP) is 3.81. The van der Waals surface area contributed by atoms with Gasteiger partial charge in [0.25, 0.3) is 0 Å². The zero-order valence-electron chi connectivity index (χ0n) is 20.0. The molecule has 2 aliphatic carbocycles. The maximum Gasteiger partial charge on any atom is 0.230 e. The van der Waals surface area contributed by atoms with Crippen LogP contribution in [0.3, 0.4) is 0 Å². The van der Waals surface area contributed by atoms with Crippen molar-refractivity contribution in [2.24, 2.45) is 11.3 Å². The summed E-state index contributed by atoms with van der Waals surface area (Å²) in [5.74, 6) is 0.395. The molecular formula is C27H36N4O3. The molecule has 7 nitrogen and oxygen atoms in total. The Labute approximate surface area is 202 Å². The molecule has 2 N–H and O–H groups in total. The van der Waals surface area contributed by atoms with Crippen LogP contribution in [-0.2, 0) is 9.59 Å². The number of aliphatic hydroxyl groups is 1. The van der Waals surface area contributed by atoms with Gasteiger partial charge in [0.2, 0.25) is 11.8 Å². The van der Waals surface area contributed by atoms with E-state index >= 15 is 0 Å². The number of nitriles is 1. The molecule has 2 heterocycles. The molecule has 34 heavy (non-hydrogen) atoms.